The highest BCUT2D eigenvalue weighted by atomic mass is 19.1. The van der Waals surface area contributed by atoms with Crippen LogP contribution in [0.25, 0.3) is 0 Å². The number of hydrogen-bond acceptors (Lipinski definition) is 1. The molecule has 1 aromatic rings. The van der Waals surface area contributed by atoms with Crippen LogP contribution in [0.15, 0.2) is 12.1 Å². The maximum atomic E-state index is 14.1. The zero-order valence-corrected chi connectivity index (χ0v) is 9.31. The van der Waals surface area contributed by atoms with Crippen LogP contribution < -0.4 is 0 Å². The second-order valence-corrected chi connectivity index (χ2v) is 4.96. The van der Waals surface area contributed by atoms with Gasteiger partial charge in [-0.3, -0.25) is 0 Å². The predicted molar refractivity (Wildman–Crippen MR) is 58.5 cm³/mol. The number of hydrogen-bond donors (Lipinski definition) is 1. The first-order valence-electron chi connectivity index (χ1n) is 5.48. The molecule has 0 atom stereocenters. The molecule has 0 saturated carbocycles. The molecular weight excluding hydrogens is 191 g/mol. The highest BCUT2D eigenvalue weighted by molar-refractivity contribution is 5.39. The summed E-state index contributed by atoms with van der Waals surface area (Å²) in [6.07, 6.45) is 2.89. The van der Waals surface area contributed by atoms with E-state index in [4.69, 9.17) is 0 Å². The maximum absolute atomic E-state index is 14.1. The molecule has 0 aliphatic heterocycles. The van der Waals surface area contributed by atoms with Crippen molar-refractivity contribution in [2.45, 2.75) is 38.5 Å². The first-order chi connectivity index (χ1) is 7.06. The number of fused-ring (bicyclic) bond motifs is 1. The van der Waals surface area contributed by atoms with Crippen molar-refractivity contribution in [3.63, 3.8) is 0 Å². The summed E-state index contributed by atoms with van der Waals surface area (Å²) in [5, 5.41) is 9.25. The minimum atomic E-state index is -0.484. The third kappa shape index (κ3) is 1.67. The van der Waals surface area contributed by atoms with Gasteiger partial charge >= 0.3 is 0 Å². The molecule has 2 heteroatoms. The van der Waals surface area contributed by atoms with Crippen molar-refractivity contribution in [2.75, 3.05) is 6.61 Å². The maximum Gasteiger partial charge on any atom is 0.130 e. The van der Waals surface area contributed by atoms with Crippen LogP contribution in [0.1, 0.15) is 37.0 Å². The highest BCUT2D eigenvalue weighted by Gasteiger charge is 2.27. The zero-order chi connectivity index (χ0) is 11.1. The molecule has 1 aromatic carbocycles. The molecule has 2 rings (SSSR count). The van der Waals surface area contributed by atoms with Crippen molar-refractivity contribution in [1.29, 1.82) is 0 Å². The third-order valence-corrected chi connectivity index (χ3v) is 3.34. The van der Waals surface area contributed by atoms with Gasteiger partial charge in [0.05, 0.1) is 6.61 Å². The molecule has 0 radical (unpaired) electrons. The van der Waals surface area contributed by atoms with Crippen LogP contribution in [0.3, 0.4) is 0 Å². The quantitative estimate of drug-likeness (QED) is 0.792. The van der Waals surface area contributed by atoms with Gasteiger partial charge in [-0.2, -0.15) is 0 Å². The molecule has 1 N–H and O–H groups in total. The number of aliphatic hydroxyl groups excluding tert-OH is 1. The molecule has 0 fully saturated rings. The molecule has 0 spiro atoms. The monoisotopic (exact) mass is 208 g/mol. The van der Waals surface area contributed by atoms with E-state index in [0.29, 0.717) is 5.56 Å². The second kappa shape index (κ2) is 3.60. The predicted octanol–water partition coefficient (Wildman–Crippen LogP) is 2.58. The van der Waals surface area contributed by atoms with Gasteiger partial charge in [0.1, 0.15) is 5.82 Å². The summed E-state index contributed by atoms with van der Waals surface area (Å²) in [6, 6.07) is 3.84. The number of halogens is 1. The minimum Gasteiger partial charge on any atom is -0.395 e. The van der Waals surface area contributed by atoms with E-state index in [-0.39, 0.29) is 12.4 Å². The highest BCUT2D eigenvalue weighted by Crippen LogP contribution is 2.32. The van der Waals surface area contributed by atoms with Crippen LogP contribution >= 0.6 is 0 Å². The van der Waals surface area contributed by atoms with Crippen molar-refractivity contribution >= 4 is 0 Å². The van der Waals surface area contributed by atoms with Gasteiger partial charge in [0.15, 0.2) is 0 Å². The lowest BCUT2D eigenvalue weighted by Crippen LogP contribution is -2.24. The summed E-state index contributed by atoms with van der Waals surface area (Å²) >= 11 is 0. The smallest absolute Gasteiger partial charge is 0.130 e. The van der Waals surface area contributed by atoms with Gasteiger partial charge in [-0.15, -0.1) is 0 Å². The van der Waals surface area contributed by atoms with E-state index >= 15 is 0 Å². The zero-order valence-electron chi connectivity index (χ0n) is 9.31. The minimum absolute atomic E-state index is 0.0251. The Morgan fingerprint density at radius 1 is 1.33 bits per heavy atom. The van der Waals surface area contributed by atoms with E-state index in [2.05, 4.69) is 0 Å². The molecule has 82 valence electrons. The van der Waals surface area contributed by atoms with Gasteiger partial charge < -0.3 is 5.11 Å². The van der Waals surface area contributed by atoms with E-state index in [1.807, 2.05) is 26.0 Å². The molecule has 0 saturated heterocycles. The molecule has 1 nitrogen and oxygen atoms in total. The van der Waals surface area contributed by atoms with Gasteiger partial charge in [-0.05, 0) is 36.0 Å². The van der Waals surface area contributed by atoms with Crippen LogP contribution in [0.5, 0.6) is 0 Å². The summed E-state index contributed by atoms with van der Waals surface area (Å²) < 4.78 is 14.1. The molecule has 0 bridgehead atoms. The summed E-state index contributed by atoms with van der Waals surface area (Å²) in [4.78, 5) is 0. The lowest BCUT2D eigenvalue weighted by atomic mass is 9.83. The average Bonchev–Trinajstić information content (AvgIpc) is 2.66. The summed E-state index contributed by atoms with van der Waals surface area (Å²) in [6.45, 7) is 3.71. The second-order valence-electron chi connectivity index (χ2n) is 4.96. The number of aryl methyl sites for hydroxylation is 1. The fourth-order valence-corrected chi connectivity index (χ4v) is 2.23. The first kappa shape index (κ1) is 10.6. The number of benzene rings is 1. The Balaban J connectivity index is 2.51. The largest absolute Gasteiger partial charge is 0.395 e. The molecule has 1 aliphatic carbocycles. The lowest BCUT2D eigenvalue weighted by molar-refractivity contribution is 0.215. The van der Waals surface area contributed by atoms with Gasteiger partial charge in [0, 0.05) is 5.41 Å². The SMILES string of the molecule is CC(C)(CO)c1ccc2c(c1F)CCC2. The summed E-state index contributed by atoms with van der Waals surface area (Å²) in [7, 11) is 0. The van der Waals surface area contributed by atoms with Gasteiger partial charge in [0.2, 0.25) is 0 Å². The summed E-state index contributed by atoms with van der Waals surface area (Å²) in [5.41, 5.74) is 2.17. The van der Waals surface area contributed by atoms with E-state index < -0.39 is 5.41 Å². The van der Waals surface area contributed by atoms with Crippen LogP contribution in [0, 0.1) is 5.82 Å². The Kier molecular flexibility index (Phi) is 2.55. The first-order valence-corrected chi connectivity index (χ1v) is 5.48. The average molecular weight is 208 g/mol. The summed E-state index contributed by atoms with van der Waals surface area (Å²) in [5.74, 6) is -0.0935. The van der Waals surface area contributed by atoms with Crippen molar-refractivity contribution < 1.29 is 9.50 Å². The number of rotatable bonds is 2. The standard InChI is InChI=1S/C13H17FO/c1-13(2,8-15)11-7-6-9-4-3-5-10(9)12(11)14/h6-7,15H,3-5,8H2,1-2H3. The lowest BCUT2D eigenvalue weighted by Gasteiger charge is -2.24. The van der Waals surface area contributed by atoms with Crippen molar-refractivity contribution in [3.8, 4) is 0 Å². The fraction of sp³-hybridized carbons (Fsp3) is 0.538. The van der Waals surface area contributed by atoms with Crippen LogP contribution in [0.4, 0.5) is 4.39 Å². The van der Waals surface area contributed by atoms with Crippen molar-refractivity contribution in [2.24, 2.45) is 0 Å². The topological polar surface area (TPSA) is 20.2 Å². The Hall–Kier alpha value is -0.890. The van der Waals surface area contributed by atoms with Gasteiger partial charge in [0.25, 0.3) is 0 Å². The van der Waals surface area contributed by atoms with Crippen molar-refractivity contribution in [3.05, 3.63) is 34.6 Å². The van der Waals surface area contributed by atoms with Crippen molar-refractivity contribution in [1.82, 2.24) is 0 Å². The number of aliphatic hydroxyl groups is 1. The molecule has 0 amide bonds. The van der Waals surface area contributed by atoms with Crippen LogP contribution in [-0.2, 0) is 18.3 Å². The van der Waals surface area contributed by atoms with E-state index in [1.165, 1.54) is 0 Å². The Morgan fingerprint density at radius 2 is 2.07 bits per heavy atom. The van der Waals surface area contributed by atoms with Crippen LogP contribution in [0.2, 0.25) is 0 Å². The Morgan fingerprint density at radius 3 is 2.73 bits per heavy atom. The fourth-order valence-electron chi connectivity index (χ4n) is 2.23. The van der Waals surface area contributed by atoms with Crippen LogP contribution in [-0.4, -0.2) is 11.7 Å². The Bertz CT molecular complexity index is 382. The van der Waals surface area contributed by atoms with E-state index in [0.717, 1.165) is 30.4 Å². The molecule has 15 heavy (non-hydrogen) atoms. The van der Waals surface area contributed by atoms with Gasteiger partial charge in [-0.1, -0.05) is 26.0 Å². The molecule has 0 unspecified atom stereocenters. The van der Waals surface area contributed by atoms with Gasteiger partial charge in [-0.25, -0.2) is 4.39 Å². The Labute approximate surface area is 89.9 Å². The third-order valence-electron chi connectivity index (χ3n) is 3.34. The van der Waals surface area contributed by atoms with E-state index in [9.17, 15) is 9.50 Å². The molecular formula is C13H17FO. The molecule has 0 aromatic heterocycles. The van der Waals surface area contributed by atoms with E-state index in [1.54, 1.807) is 0 Å². The normalized spacial score (nSPS) is 15.5. The molecule has 0 heterocycles. The molecule has 1 aliphatic rings.